The first-order valence-electron chi connectivity index (χ1n) is 1.85. The average molecular weight is 173 g/mol. The zero-order chi connectivity index (χ0) is 7.71. The lowest BCUT2D eigenvalue weighted by molar-refractivity contribution is 0.562. The second-order valence-electron chi connectivity index (χ2n) is 1.52. The highest BCUT2D eigenvalue weighted by atomic mass is 31.2. The van der Waals surface area contributed by atoms with Crippen LogP contribution in [0.4, 0.5) is 0 Å². The highest BCUT2D eigenvalue weighted by molar-refractivity contribution is 7.72. The Kier molecular flexibility index (Phi) is 2.55. The minimum absolute atomic E-state index is 1.68. The van der Waals surface area contributed by atoms with E-state index in [0.29, 0.717) is 0 Å². The van der Waals surface area contributed by atoms with Gasteiger partial charge in [0.2, 0.25) is 0 Å². The standard InChI is InChI=1S/H9N5O2P2/c1-8(2,6)5-9(3,4)7/h(H9,1,2,3,4,5,6,7). The summed E-state index contributed by atoms with van der Waals surface area (Å²) in [7, 11) is -7.10. The van der Waals surface area contributed by atoms with Crippen molar-refractivity contribution in [3.63, 3.8) is 0 Å². The molecule has 0 rings (SSSR count). The summed E-state index contributed by atoms with van der Waals surface area (Å²) in [5.74, 6) is 0. The van der Waals surface area contributed by atoms with E-state index in [1.165, 1.54) is 0 Å². The fraction of sp³-hybridized carbons (Fsp3) is 0. The van der Waals surface area contributed by atoms with Crippen LogP contribution in [0.5, 0.6) is 0 Å². The normalized spacial score (nSPS) is 13.8. The summed E-state index contributed by atoms with van der Waals surface area (Å²) in [6.45, 7) is 0. The molecular weight excluding hydrogens is 164 g/mol. The van der Waals surface area contributed by atoms with Gasteiger partial charge in [0.1, 0.15) is 0 Å². The van der Waals surface area contributed by atoms with Gasteiger partial charge in [-0.2, -0.15) is 4.86 Å². The van der Waals surface area contributed by atoms with Crippen LogP contribution in [0.3, 0.4) is 0 Å². The van der Waals surface area contributed by atoms with Crippen molar-refractivity contribution < 1.29 is 9.13 Å². The van der Waals surface area contributed by atoms with E-state index in [0.717, 1.165) is 0 Å². The molecule has 0 saturated carbocycles. The Morgan fingerprint density at radius 1 is 0.889 bits per heavy atom. The van der Waals surface area contributed by atoms with E-state index in [-0.39, 0.29) is 0 Å². The Labute approximate surface area is 52.2 Å². The SMILES string of the molecule is NP(N)(=O)NP(N)(N)=O. The van der Waals surface area contributed by atoms with Crippen molar-refractivity contribution in [2.45, 2.75) is 0 Å². The Morgan fingerprint density at radius 3 is 1.11 bits per heavy atom. The Bertz CT molecular complexity index is 153. The lowest BCUT2D eigenvalue weighted by Gasteiger charge is -2.10. The summed E-state index contributed by atoms with van der Waals surface area (Å²) in [6.07, 6.45) is 0. The van der Waals surface area contributed by atoms with Gasteiger partial charge in [0.25, 0.3) is 15.2 Å². The lowest BCUT2D eigenvalue weighted by atomic mass is 13.8. The van der Waals surface area contributed by atoms with Crippen LogP contribution in [0.15, 0.2) is 0 Å². The Hall–Kier alpha value is 0.260. The van der Waals surface area contributed by atoms with Crippen molar-refractivity contribution in [2.24, 2.45) is 22.0 Å². The van der Waals surface area contributed by atoms with E-state index in [2.05, 4.69) is 0 Å². The van der Waals surface area contributed by atoms with Gasteiger partial charge in [-0.3, -0.25) is 31.1 Å². The van der Waals surface area contributed by atoms with Gasteiger partial charge >= 0.3 is 0 Å². The van der Waals surface area contributed by atoms with Gasteiger partial charge in [0, 0.05) is 0 Å². The molecule has 7 nitrogen and oxygen atoms in total. The number of nitrogens with one attached hydrogen (secondary N) is 1. The molecular formula is H9N5O2P2. The molecule has 0 fully saturated rings. The second kappa shape index (κ2) is 2.48. The first-order valence-corrected chi connectivity index (χ1v) is 5.54. The highest BCUT2D eigenvalue weighted by Crippen LogP contribution is 2.33. The minimum atomic E-state index is -3.55. The number of hydrogen-bond donors (Lipinski definition) is 5. The molecule has 0 spiro atoms. The van der Waals surface area contributed by atoms with E-state index in [1.807, 2.05) is 0 Å². The topological polar surface area (TPSA) is 150 Å². The molecule has 0 aliphatic rings. The van der Waals surface area contributed by atoms with Crippen molar-refractivity contribution >= 4 is 15.2 Å². The monoisotopic (exact) mass is 173 g/mol. The second-order valence-corrected chi connectivity index (χ2v) is 5.16. The summed E-state index contributed by atoms with van der Waals surface area (Å²) in [5.41, 5.74) is 18.8. The number of rotatable bonds is 2. The number of hydrogen-bond acceptors (Lipinski definition) is 2. The van der Waals surface area contributed by atoms with Crippen molar-refractivity contribution in [3.05, 3.63) is 0 Å². The fourth-order valence-corrected chi connectivity index (χ4v) is 2.20. The first kappa shape index (κ1) is 9.26. The predicted molar refractivity (Wildman–Crippen MR) is 35.1 cm³/mol. The summed E-state index contributed by atoms with van der Waals surface area (Å²) in [5, 5.41) is 0. The van der Waals surface area contributed by atoms with Gasteiger partial charge in [0.15, 0.2) is 0 Å². The Morgan fingerprint density at radius 2 is 1.11 bits per heavy atom. The van der Waals surface area contributed by atoms with Gasteiger partial charge in [-0.05, 0) is 0 Å². The van der Waals surface area contributed by atoms with Gasteiger partial charge in [-0.1, -0.05) is 0 Å². The molecule has 0 aliphatic carbocycles. The molecule has 56 valence electrons. The third kappa shape index (κ3) is 8.26. The van der Waals surface area contributed by atoms with Crippen LogP contribution in [0.2, 0.25) is 0 Å². The van der Waals surface area contributed by atoms with Crippen molar-refractivity contribution in [1.82, 2.24) is 4.86 Å². The highest BCUT2D eigenvalue weighted by Gasteiger charge is 2.17. The maximum Gasteiger partial charge on any atom is 0.281 e. The molecule has 0 saturated heterocycles. The van der Waals surface area contributed by atoms with Crippen molar-refractivity contribution in [2.75, 3.05) is 0 Å². The molecule has 0 bridgehead atoms. The van der Waals surface area contributed by atoms with Gasteiger partial charge in [-0.25, -0.2) is 0 Å². The molecule has 0 unspecified atom stereocenters. The molecule has 0 radical (unpaired) electrons. The van der Waals surface area contributed by atoms with Crippen LogP contribution in [0, 0.1) is 0 Å². The minimum Gasteiger partial charge on any atom is -0.271 e. The molecule has 0 atom stereocenters. The number of nitrogens with two attached hydrogens (primary N) is 4. The molecule has 0 aromatic rings. The van der Waals surface area contributed by atoms with Crippen LogP contribution in [0.1, 0.15) is 0 Å². The molecule has 9 heteroatoms. The van der Waals surface area contributed by atoms with Gasteiger partial charge in [-0.15, -0.1) is 0 Å². The van der Waals surface area contributed by atoms with Gasteiger partial charge in [0.05, 0.1) is 0 Å². The molecule has 0 aromatic carbocycles. The molecule has 0 aromatic heterocycles. The van der Waals surface area contributed by atoms with Gasteiger partial charge < -0.3 is 0 Å². The van der Waals surface area contributed by atoms with E-state index in [9.17, 15) is 9.13 Å². The van der Waals surface area contributed by atoms with Crippen LogP contribution < -0.4 is 26.9 Å². The smallest absolute Gasteiger partial charge is 0.271 e. The molecule has 0 amide bonds. The van der Waals surface area contributed by atoms with E-state index in [1.54, 1.807) is 4.86 Å². The van der Waals surface area contributed by atoms with Crippen LogP contribution in [-0.4, -0.2) is 0 Å². The summed E-state index contributed by atoms with van der Waals surface area (Å²) >= 11 is 0. The quantitative estimate of drug-likeness (QED) is 0.323. The van der Waals surface area contributed by atoms with Crippen molar-refractivity contribution in [3.8, 4) is 0 Å². The summed E-state index contributed by atoms with van der Waals surface area (Å²) in [4.78, 5) is 1.68. The molecule has 0 aliphatic heterocycles. The zero-order valence-corrected chi connectivity index (χ0v) is 6.31. The fourth-order valence-electron chi connectivity index (χ4n) is 0.244. The molecule has 9 heavy (non-hydrogen) atoms. The van der Waals surface area contributed by atoms with Crippen molar-refractivity contribution in [1.29, 1.82) is 0 Å². The van der Waals surface area contributed by atoms with E-state index in [4.69, 9.17) is 22.0 Å². The third-order valence-electron chi connectivity index (χ3n) is 0.313. The van der Waals surface area contributed by atoms with Crippen LogP contribution in [-0.2, 0) is 9.13 Å². The van der Waals surface area contributed by atoms with Crippen LogP contribution >= 0.6 is 15.2 Å². The van der Waals surface area contributed by atoms with E-state index >= 15 is 0 Å². The largest absolute Gasteiger partial charge is 0.281 e. The lowest BCUT2D eigenvalue weighted by Crippen LogP contribution is -2.26. The summed E-state index contributed by atoms with van der Waals surface area (Å²) < 4.78 is 20.7. The maximum absolute atomic E-state index is 10.3. The zero-order valence-electron chi connectivity index (χ0n) is 4.52. The third-order valence-corrected chi connectivity index (χ3v) is 2.81. The predicted octanol–water partition coefficient (Wildman–Crippen LogP) is -1.37. The first-order chi connectivity index (χ1) is 3.71. The Balaban J connectivity index is 4.07. The average Bonchev–Trinajstić information content (AvgIpc) is 1.14. The van der Waals surface area contributed by atoms with Crippen LogP contribution in [0.25, 0.3) is 0 Å². The maximum atomic E-state index is 10.3. The van der Waals surface area contributed by atoms with E-state index < -0.39 is 15.2 Å². The summed E-state index contributed by atoms with van der Waals surface area (Å²) in [6, 6.07) is 0. The molecule has 0 heterocycles. The molecule has 9 N–H and O–H groups in total.